The van der Waals surface area contributed by atoms with E-state index in [4.69, 9.17) is 14.5 Å². The Hall–Kier alpha value is -2.01. The van der Waals surface area contributed by atoms with Crippen molar-refractivity contribution in [2.24, 2.45) is 0 Å². The van der Waals surface area contributed by atoms with Gasteiger partial charge in [0, 0.05) is 35.4 Å². The van der Waals surface area contributed by atoms with Crippen molar-refractivity contribution < 1.29 is 9.47 Å². The van der Waals surface area contributed by atoms with E-state index in [0.29, 0.717) is 6.04 Å². The summed E-state index contributed by atoms with van der Waals surface area (Å²) in [7, 11) is 3.36. The molecule has 1 aromatic carbocycles. The van der Waals surface area contributed by atoms with E-state index in [9.17, 15) is 0 Å². The molecule has 134 valence electrons. The smallest absolute Gasteiger partial charge is 0.162 e. The Kier molecular flexibility index (Phi) is 4.66. The van der Waals surface area contributed by atoms with Gasteiger partial charge < -0.3 is 20.1 Å². The first-order valence-electron chi connectivity index (χ1n) is 9.35. The van der Waals surface area contributed by atoms with E-state index in [0.717, 1.165) is 48.3 Å². The minimum absolute atomic E-state index is 0.471. The van der Waals surface area contributed by atoms with Gasteiger partial charge >= 0.3 is 0 Å². The summed E-state index contributed by atoms with van der Waals surface area (Å²) in [6.45, 7) is 2.14. The van der Waals surface area contributed by atoms with Gasteiger partial charge in [0.1, 0.15) is 0 Å². The fourth-order valence-corrected chi connectivity index (χ4v) is 4.10. The van der Waals surface area contributed by atoms with Crippen molar-refractivity contribution in [3.8, 4) is 11.5 Å². The van der Waals surface area contributed by atoms with Crippen LogP contribution in [-0.2, 0) is 12.8 Å². The van der Waals surface area contributed by atoms with Crippen LogP contribution >= 0.6 is 0 Å². The third-order valence-electron chi connectivity index (χ3n) is 5.41. The Morgan fingerprint density at radius 2 is 1.88 bits per heavy atom. The Labute approximate surface area is 149 Å². The van der Waals surface area contributed by atoms with Gasteiger partial charge in [0.15, 0.2) is 11.5 Å². The van der Waals surface area contributed by atoms with Crippen LogP contribution in [-0.4, -0.2) is 38.3 Å². The molecule has 2 aromatic rings. The highest BCUT2D eigenvalue weighted by Gasteiger charge is 2.22. The number of rotatable bonds is 4. The van der Waals surface area contributed by atoms with Gasteiger partial charge in [-0.05, 0) is 56.7 Å². The Morgan fingerprint density at radius 1 is 1.08 bits per heavy atom. The number of nitrogens with one attached hydrogen (secondary N) is 2. The number of aryl methyl sites for hydroxylation is 1. The summed E-state index contributed by atoms with van der Waals surface area (Å²) in [5.41, 5.74) is 4.90. The monoisotopic (exact) mass is 341 g/mol. The van der Waals surface area contributed by atoms with E-state index in [1.54, 1.807) is 14.2 Å². The van der Waals surface area contributed by atoms with Crippen LogP contribution in [0.25, 0.3) is 10.9 Å². The number of aromatic nitrogens is 1. The van der Waals surface area contributed by atoms with Crippen molar-refractivity contribution in [2.75, 3.05) is 32.6 Å². The number of anilines is 1. The van der Waals surface area contributed by atoms with Gasteiger partial charge in [-0.15, -0.1) is 0 Å². The topological polar surface area (TPSA) is 55.4 Å². The molecule has 1 aliphatic heterocycles. The van der Waals surface area contributed by atoms with Gasteiger partial charge in [0.25, 0.3) is 0 Å². The van der Waals surface area contributed by atoms with E-state index >= 15 is 0 Å². The molecule has 1 aromatic heterocycles. The lowest BCUT2D eigenvalue weighted by atomic mass is 9.92. The van der Waals surface area contributed by atoms with Gasteiger partial charge in [-0.2, -0.15) is 0 Å². The average Bonchev–Trinajstić information content (AvgIpc) is 2.67. The lowest BCUT2D eigenvalue weighted by Gasteiger charge is -2.29. The molecular formula is C20H27N3O2. The second-order valence-corrected chi connectivity index (χ2v) is 7.03. The van der Waals surface area contributed by atoms with Crippen LogP contribution in [0, 0.1) is 0 Å². The predicted octanol–water partition coefficient (Wildman–Crippen LogP) is 3.29. The number of hydrogen-bond donors (Lipinski definition) is 2. The molecule has 5 nitrogen and oxygen atoms in total. The molecule has 0 bridgehead atoms. The van der Waals surface area contributed by atoms with Gasteiger partial charge in [0.05, 0.1) is 19.7 Å². The Morgan fingerprint density at radius 3 is 2.64 bits per heavy atom. The minimum atomic E-state index is 0.471. The molecule has 0 amide bonds. The molecule has 2 N–H and O–H groups in total. The summed E-state index contributed by atoms with van der Waals surface area (Å²) >= 11 is 0. The van der Waals surface area contributed by atoms with Crippen LogP contribution < -0.4 is 20.1 Å². The number of ether oxygens (including phenoxy) is 2. The molecule has 1 atom stereocenters. The standard InChI is InChI=1S/C20H27N3O2/c1-24-18-10-15-17(11-19(18)25-2)23-16-8-4-3-7-14(16)20(15)22-13-6-5-9-21-12-13/h10-11,13,21H,3-9,12H2,1-2H3,(H,22,23)/t13-/m1/s1. The number of benzene rings is 1. The van der Waals surface area contributed by atoms with Crippen molar-refractivity contribution in [3.63, 3.8) is 0 Å². The first kappa shape index (κ1) is 16.5. The maximum Gasteiger partial charge on any atom is 0.162 e. The maximum absolute atomic E-state index is 5.54. The van der Waals surface area contributed by atoms with Crippen molar-refractivity contribution in [2.45, 2.75) is 44.6 Å². The lowest BCUT2D eigenvalue weighted by Crippen LogP contribution is -2.38. The summed E-state index contributed by atoms with van der Waals surface area (Å²) in [6, 6.07) is 4.56. The molecule has 0 radical (unpaired) electrons. The Balaban J connectivity index is 1.86. The molecule has 1 saturated heterocycles. The molecule has 0 spiro atoms. The number of pyridine rings is 1. The van der Waals surface area contributed by atoms with Crippen molar-refractivity contribution in [1.29, 1.82) is 0 Å². The number of methoxy groups -OCH3 is 2. The van der Waals surface area contributed by atoms with Crippen LogP contribution in [0.3, 0.4) is 0 Å². The second kappa shape index (κ2) is 7.08. The van der Waals surface area contributed by atoms with E-state index in [2.05, 4.69) is 16.7 Å². The van der Waals surface area contributed by atoms with Crippen molar-refractivity contribution in [1.82, 2.24) is 10.3 Å². The van der Waals surface area contributed by atoms with E-state index in [-0.39, 0.29) is 0 Å². The number of fused-ring (bicyclic) bond motifs is 2. The second-order valence-electron chi connectivity index (χ2n) is 7.03. The predicted molar refractivity (Wildman–Crippen MR) is 101 cm³/mol. The van der Waals surface area contributed by atoms with Crippen LogP contribution in [0.4, 0.5) is 5.69 Å². The summed E-state index contributed by atoms with van der Waals surface area (Å²) < 4.78 is 11.0. The van der Waals surface area contributed by atoms with Gasteiger partial charge in [-0.25, -0.2) is 0 Å². The van der Waals surface area contributed by atoms with Crippen molar-refractivity contribution in [3.05, 3.63) is 23.4 Å². The minimum Gasteiger partial charge on any atom is -0.493 e. The van der Waals surface area contributed by atoms with E-state index < -0.39 is 0 Å². The summed E-state index contributed by atoms with van der Waals surface area (Å²) in [4.78, 5) is 4.96. The molecule has 25 heavy (non-hydrogen) atoms. The zero-order valence-corrected chi connectivity index (χ0v) is 15.2. The fraction of sp³-hybridized carbons (Fsp3) is 0.550. The van der Waals surface area contributed by atoms with Crippen LogP contribution in [0.1, 0.15) is 36.9 Å². The van der Waals surface area contributed by atoms with Crippen molar-refractivity contribution >= 4 is 16.6 Å². The highest BCUT2D eigenvalue weighted by molar-refractivity contribution is 5.96. The molecule has 2 heterocycles. The molecule has 5 heteroatoms. The van der Waals surface area contributed by atoms with E-state index in [1.807, 2.05) is 6.07 Å². The summed E-state index contributed by atoms with van der Waals surface area (Å²) in [5, 5.41) is 8.49. The molecule has 1 aliphatic carbocycles. The zero-order chi connectivity index (χ0) is 17.2. The fourth-order valence-electron chi connectivity index (χ4n) is 4.10. The summed E-state index contributed by atoms with van der Waals surface area (Å²) in [6.07, 6.45) is 7.07. The maximum atomic E-state index is 5.54. The molecule has 0 saturated carbocycles. The summed E-state index contributed by atoms with van der Waals surface area (Å²) in [5.74, 6) is 1.50. The number of nitrogens with zero attached hydrogens (tertiary/aromatic N) is 1. The van der Waals surface area contributed by atoms with Crippen LogP contribution in [0.2, 0.25) is 0 Å². The first-order valence-corrected chi connectivity index (χ1v) is 9.35. The quantitative estimate of drug-likeness (QED) is 0.894. The molecule has 2 aliphatic rings. The van der Waals surface area contributed by atoms with E-state index in [1.165, 1.54) is 42.6 Å². The van der Waals surface area contributed by atoms with Gasteiger partial charge in [0.2, 0.25) is 0 Å². The van der Waals surface area contributed by atoms with Crippen LogP contribution in [0.5, 0.6) is 11.5 Å². The highest BCUT2D eigenvalue weighted by atomic mass is 16.5. The van der Waals surface area contributed by atoms with Gasteiger partial charge in [-0.1, -0.05) is 0 Å². The first-order chi connectivity index (χ1) is 12.3. The number of hydrogen-bond acceptors (Lipinski definition) is 5. The van der Waals surface area contributed by atoms with Gasteiger partial charge in [-0.3, -0.25) is 4.98 Å². The number of piperidine rings is 1. The molecular weight excluding hydrogens is 314 g/mol. The molecule has 1 fully saturated rings. The third-order valence-corrected chi connectivity index (χ3v) is 5.41. The molecule has 4 rings (SSSR count). The Bertz CT molecular complexity index is 764. The molecule has 0 unspecified atom stereocenters. The zero-order valence-electron chi connectivity index (χ0n) is 15.2. The lowest BCUT2D eigenvalue weighted by molar-refractivity contribution is 0.356. The third kappa shape index (κ3) is 3.13. The normalized spacial score (nSPS) is 20.2. The average molecular weight is 341 g/mol. The van der Waals surface area contributed by atoms with Crippen LogP contribution in [0.15, 0.2) is 12.1 Å². The highest BCUT2D eigenvalue weighted by Crippen LogP contribution is 2.39. The SMILES string of the molecule is COc1cc2nc3c(c(N[C@@H]4CCCNC4)c2cc1OC)CCCC3. The largest absolute Gasteiger partial charge is 0.493 e.